The molecule has 2 atom stereocenters. The molecule has 0 spiro atoms. The van der Waals surface area contributed by atoms with Crippen molar-refractivity contribution in [3.05, 3.63) is 35.9 Å². The molecule has 1 aliphatic rings. The molecule has 17 heavy (non-hydrogen) atoms. The van der Waals surface area contributed by atoms with Crippen molar-refractivity contribution in [1.82, 2.24) is 5.32 Å². The van der Waals surface area contributed by atoms with Gasteiger partial charge in [-0.05, 0) is 38.2 Å². The van der Waals surface area contributed by atoms with Gasteiger partial charge in [0.05, 0.1) is 0 Å². The first-order valence-electron chi connectivity index (χ1n) is 6.66. The van der Waals surface area contributed by atoms with Crippen molar-refractivity contribution in [2.45, 2.75) is 38.8 Å². The third-order valence-electron chi connectivity index (χ3n) is 3.79. The van der Waals surface area contributed by atoms with Gasteiger partial charge in [0, 0.05) is 25.3 Å². The van der Waals surface area contributed by atoms with Gasteiger partial charge in [0.15, 0.2) is 0 Å². The molecule has 94 valence electrons. The minimum absolute atomic E-state index is 0.425. The predicted octanol–water partition coefficient (Wildman–Crippen LogP) is 3.15. The lowest BCUT2D eigenvalue weighted by atomic mass is 9.92. The van der Waals surface area contributed by atoms with Crippen molar-refractivity contribution in [3.8, 4) is 0 Å². The first-order valence-corrected chi connectivity index (χ1v) is 6.66. The maximum atomic E-state index is 5.41. The molecule has 1 N–H and O–H groups in total. The van der Waals surface area contributed by atoms with Crippen LogP contribution in [0.5, 0.6) is 0 Å². The summed E-state index contributed by atoms with van der Waals surface area (Å²) in [5.74, 6) is 0.759. The van der Waals surface area contributed by atoms with Crippen LogP contribution in [0.1, 0.15) is 38.3 Å². The third-order valence-corrected chi connectivity index (χ3v) is 3.79. The van der Waals surface area contributed by atoms with Gasteiger partial charge in [0.2, 0.25) is 0 Å². The normalized spacial score (nSPS) is 21.1. The van der Waals surface area contributed by atoms with E-state index < -0.39 is 0 Å². The van der Waals surface area contributed by atoms with Crippen LogP contribution >= 0.6 is 0 Å². The lowest BCUT2D eigenvalue weighted by molar-refractivity contribution is 0.0547. The van der Waals surface area contributed by atoms with E-state index in [0.717, 1.165) is 19.1 Å². The number of hydrogen-bond acceptors (Lipinski definition) is 2. The average Bonchev–Trinajstić information content (AvgIpc) is 2.40. The topological polar surface area (TPSA) is 21.3 Å². The van der Waals surface area contributed by atoms with Gasteiger partial charge in [-0.2, -0.15) is 0 Å². The predicted molar refractivity (Wildman–Crippen MR) is 71.0 cm³/mol. The highest BCUT2D eigenvalue weighted by Crippen LogP contribution is 2.21. The van der Waals surface area contributed by atoms with Crippen LogP contribution < -0.4 is 5.32 Å². The molecule has 1 aromatic carbocycles. The molecule has 2 unspecified atom stereocenters. The number of hydrogen-bond donors (Lipinski definition) is 1. The third kappa shape index (κ3) is 3.55. The molecule has 0 aliphatic carbocycles. The number of rotatable bonds is 4. The molecule has 0 amide bonds. The van der Waals surface area contributed by atoms with Crippen molar-refractivity contribution in [2.24, 2.45) is 5.92 Å². The minimum Gasteiger partial charge on any atom is -0.381 e. The van der Waals surface area contributed by atoms with Crippen LogP contribution in [0.2, 0.25) is 0 Å². The van der Waals surface area contributed by atoms with E-state index in [1.165, 1.54) is 18.4 Å². The quantitative estimate of drug-likeness (QED) is 0.862. The van der Waals surface area contributed by atoms with E-state index >= 15 is 0 Å². The Kier molecular flexibility index (Phi) is 4.57. The standard InChI is InChI=1S/C15H23NO/c1-12(14-6-4-3-5-7-14)16-13(2)15-8-10-17-11-9-15/h3-7,12-13,15-16H,8-11H2,1-2H3. The summed E-state index contributed by atoms with van der Waals surface area (Å²) in [6, 6.07) is 11.6. The first kappa shape index (κ1) is 12.6. The Balaban J connectivity index is 1.87. The van der Waals surface area contributed by atoms with Crippen molar-refractivity contribution >= 4 is 0 Å². The fourth-order valence-corrected chi connectivity index (χ4v) is 2.58. The Morgan fingerprint density at radius 2 is 1.76 bits per heavy atom. The zero-order valence-electron chi connectivity index (χ0n) is 10.9. The summed E-state index contributed by atoms with van der Waals surface area (Å²) < 4.78 is 5.41. The van der Waals surface area contributed by atoms with E-state index in [0.29, 0.717) is 12.1 Å². The molecule has 2 nitrogen and oxygen atoms in total. The Labute approximate surface area is 104 Å². The smallest absolute Gasteiger partial charge is 0.0469 e. The second-order valence-corrected chi connectivity index (χ2v) is 5.04. The van der Waals surface area contributed by atoms with Gasteiger partial charge in [-0.15, -0.1) is 0 Å². The van der Waals surface area contributed by atoms with E-state index in [9.17, 15) is 0 Å². The van der Waals surface area contributed by atoms with Gasteiger partial charge in [-0.25, -0.2) is 0 Å². The van der Waals surface area contributed by atoms with Gasteiger partial charge in [-0.1, -0.05) is 30.3 Å². The molecule has 1 fully saturated rings. The zero-order chi connectivity index (χ0) is 12.1. The maximum Gasteiger partial charge on any atom is 0.0469 e. The lowest BCUT2D eigenvalue weighted by Gasteiger charge is -2.30. The highest BCUT2D eigenvalue weighted by atomic mass is 16.5. The van der Waals surface area contributed by atoms with Crippen LogP contribution in [-0.2, 0) is 4.74 Å². The van der Waals surface area contributed by atoms with Crippen LogP contribution in [0.3, 0.4) is 0 Å². The molecule has 0 radical (unpaired) electrons. The Hall–Kier alpha value is -0.860. The SMILES string of the molecule is CC(NC(C)C1CCOCC1)c1ccccc1. The van der Waals surface area contributed by atoms with Crippen molar-refractivity contribution in [3.63, 3.8) is 0 Å². The van der Waals surface area contributed by atoms with E-state index in [-0.39, 0.29) is 0 Å². The highest BCUT2D eigenvalue weighted by molar-refractivity contribution is 5.18. The highest BCUT2D eigenvalue weighted by Gasteiger charge is 2.21. The Morgan fingerprint density at radius 1 is 1.12 bits per heavy atom. The molecule has 0 aromatic heterocycles. The van der Waals surface area contributed by atoms with E-state index in [1.807, 2.05) is 0 Å². The number of nitrogens with one attached hydrogen (secondary N) is 1. The van der Waals surface area contributed by atoms with Crippen LogP contribution in [-0.4, -0.2) is 19.3 Å². The minimum atomic E-state index is 0.425. The van der Waals surface area contributed by atoms with Gasteiger partial charge in [0.1, 0.15) is 0 Å². The largest absolute Gasteiger partial charge is 0.381 e. The zero-order valence-corrected chi connectivity index (χ0v) is 10.9. The molecule has 2 heteroatoms. The second-order valence-electron chi connectivity index (χ2n) is 5.04. The summed E-state index contributed by atoms with van der Waals surface area (Å²) in [5.41, 5.74) is 1.37. The average molecular weight is 233 g/mol. The van der Waals surface area contributed by atoms with Crippen LogP contribution in [0, 0.1) is 5.92 Å². The molecule has 1 aliphatic heterocycles. The second kappa shape index (κ2) is 6.18. The van der Waals surface area contributed by atoms with Gasteiger partial charge < -0.3 is 10.1 Å². The molecular weight excluding hydrogens is 210 g/mol. The molecule has 1 saturated heterocycles. The van der Waals surface area contributed by atoms with Crippen molar-refractivity contribution < 1.29 is 4.74 Å². The van der Waals surface area contributed by atoms with Crippen molar-refractivity contribution in [1.29, 1.82) is 0 Å². The van der Waals surface area contributed by atoms with Crippen molar-refractivity contribution in [2.75, 3.05) is 13.2 Å². The van der Waals surface area contributed by atoms with Gasteiger partial charge in [0.25, 0.3) is 0 Å². The summed E-state index contributed by atoms with van der Waals surface area (Å²) in [6.07, 6.45) is 2.38. The summed E-state index contributed by atoms with van der Waals surface area (Å²) in [7, 11) is 0. The summed E-state index contributed by atoms with van der Waals surface area (Å²) in [6.45, 7) is 6.40. The van der Waals surface area contributed by atoms with Crippen LogP contribution in [0.4, 0.5) is 0 Å². The summed E-state index contributed by atoms with van der Waals surface area (Å²) in [4.78, 5) is 0. The maximum absolute atomic E-state index is 5.41. The summed E-state index contributed by atoms with van der Waals surface area (Å²) in [5, 5.41) is 3.71. The monoisotopic (exact) mass is 233 g/mol. The van der Waals surface area contributed by atoms with E-state index in [1.54, 1.807) is 0 Å². The summed E-state index contributed by atoms with van der Waals surface area (Å²) >= 11 is 0. The number of benzene rings is 1. The molecule has 1 heterocycles. The molecule has 1 aromatic rings. The fourth-order valence-electron chi connectivity index (χ4n) is 2.58. The van der Waals surface area contributed by atoms with E-state index in [4.69, 9.17) is 4.74 Å². The molecule has 0 bridgehead atoms. The van der Waals surface area contributed by atoms with Crippen LogP contribution in [0.25, 0.3) is 0 Å². The Morgan fingerprint density at radius 3 is 2.41 bits per heavy atom. The van der Waals surface area contributed by atoms with Gasteiger partial charge in [-0.3, -0.25) is 0 Å². The fraction of sp³-hybridized carbons (Fsp3) is 0.600. The lowest BCUT2D eigenvalue weighted by Crippen LogP contribution is -2.38. The molecule has 2 rings (SSSR count). The van der Waals surface area contributed by atoms with Crippen LogP contribution in [0.15, 0.2) is 30.3 Å². The Bertz CT molecular complexity index is 319. The molecular formula is C15H23NO. The molecule has 0 saturated carbocycles. The van der Waals surface area contributed by atoms with Gasteiger partial charge >= 0.3 is 0 Å². The first-order chi connectivity index (χ1) is 8.27. The van der Waals surface area contributed by atoms with E-state index in [2.05, 4.69) is 49.5 Å². The number of ether oxygens (including phenoxy) is 1.